The molecule has 0 aromatic carbocycles. The van der Waals surface area contributed by atoms with Gasteiger partial charge in [-0.25, -0.2) is 9.97 Å². The van der Waals surface area contributed by atoms with Crippen LogP contribution in [0.1, 0.15) is 51.9 Å². The topological polar surface area (TPSA) is 61.4 Å². The average Bonchev–Trinajstić information content (AvgIpc) is 2.91. The van der Waals surface area contributed by atoms with Gasteiger partial charge in [0.2, 0.25) is 5.91 Å². The molecule has 3 rings (SSSR count). The number of amides is 1. The zero-order chi connectivity index (χ0) is 17.5. The van der Waals surface area contributed by atoms with Gasteiger partial charge in [0.05, 0.1) is 0 Å². The van der Waals surface area contributed by atoms with Gasteiger partial charge in [-0.05, 0) is 31.6 Å². The second-order valence-electron chi connectivity index (χ2n) is 7.43. The van der Waals surface area contributed by atoms with Crippen LogP contribution in [0.5, 0.6) is 0 Å². The Hall–Kier alpha value is -1.85. The molecule has 2 aliphatic rings. The van der Waals surface area contributed by atoms with Gasteiger partial charge in [-0.2, -0.15) is 0 Å². The molecule has 2 aliphatic heterocycles. The van der Waals surface area contributed by atoms with E-state index >= 15 is 0 Å². The molecule has 1 amide bonds. The van der Waals surface area contributed by atoms with E-state index in [0.717, 1.165) is 50.7 Å². The van der Waals surface area contributed by atoms with Crippen LogP contribution in [0.25, 0.3) is 0 Å². The molecule has 138 valence electrons. The van der Waals surface area contributed by atoms with Gasteiger partial charge in [0.15, 0.2) is 0 Å². The summed E-state index contributed by atoms with van der Waals surface area (Å²) in [6, 6.07) is 2.01. The lowest BCUT2D eigenvalue weighted by Crippen LogP contribution is -2.35. The van der Waals surface area contributed by atoms with Crippen LogP contribution in [0.2, 0.25) is 0 Å². The quantitative estimate of drug-likeness (QED) is 0.889. The number of hydrogen-bond acceptors (Lipinski definition) is 5. The van der Waals surface area contributed by atoms with Crippen molar-refractivity contribution >= 4 is 17.5 Å². The molecule has 0 unspecified atom stereocenters. The van der Waals surface area contributed by atoms with Crippen molar-refractivity contribution < 1.29 is 4.79 Å². The molecule has 3 heterocycles. The van der Waals surface area contributed by atoms with E-state index < -0.39 is 0 Å². The van der Waals surface area contributed by atoms with Gasteiger partial charge < -0.3 is 15.1 Å². The van der Waals surface area contributed by atoms with Crippen molar-refractivity contribution in [1.82, 2.24) is 14.9 Å². The van der Waals surface area contributed by atoms with E-state index in [9.17, 15) is 4.79 Å². The van der Waals surface area contributed by atoms with Gasteiger partial charge in [-0.1, -0.05) is 19.8 Å². The zero-order valence-corrected chi connectivity index (χ0v) is 15.4. The standard InChI is InChI=1S/C19H31N5O/c1-16-7-6-12-24(14-16)18-13-17(21-15-22-18)20-9-8-19(25)23-10-4-2-3-5-11-23/h13,15-16H,2-12,14H2,1H3,(H,20,21,22)/t16-/m0/s1. The number of rotatable bonds is 5. The van der Waals surface area contributed by atoms with Gasteiger partial charge in [0.1, 0.15) is 18.0 Å². The van der Waals surface area contributed by atoms with Gasteiger partial charge in [0, 0.05) is 45.2 Å². The van der Waals surface area contributed by atoms with Crippen molar-refractivity contribution in [3.05, 3.63) is 12.4 Å². The van der Waals surface area contributed by atoms with Crippen LogP contribution in [-0.2, 0) is 4.79 Å². The number of hydrogen-bond donors (Lipinski definition) is 1. The predicted octanol–water partition coefficient (Wildman–Crippen LogP) is 2.92. The lowest BCUT2D eigenvalue weighted by Gasteiger charge is -2.31. The van der Waals surface area contributed by atoms with Crippen LogP contribution >= 0.6 is 0 Å². The minimum atomic E-state index is 0.258. The van der Waals surface area contributed by atoms with E-state index in [1.807, 2.05) is 11.0 Å². The third-order valence-electron chi connectivity index (χ3n) is 5.24. The van der Waals surface area contributed by atoms with Crippen molar-refractivity contribution in [3.8, 4) is 0 Å². The smallest absolute Gasteiger partial charge is 0.224 e. The second kappa shape index (κ2) is 9.02. The van der Waals surface area contributed by atoms with Gasteiger partial charge >= 0.3 is 0 Å². The van der Waals surface area contributed by atoms with Crippen LogP contribution in [0.3, 0.4) is 0 Å². The molecule has 0 saturated carbocycles. The van der Waals surface area contributed by atoms with Gasteiger partial charge in [-0.15, -0.1) is 0 Å². The van der Waals surface area contributed by atoms with Gasteiger partial charge in [0.25, 0.3) is 0 Å². The summed E-state index contributed by atoms with van der Waals surface area (Å²) in [5.41, 5.74) is 0. The lowest BCUT2D eigenvalue weighted by atomic mass is 10.0. The minimum Gasteiger partial charge on any atom is -0.369 e. The number of carbonyl (C=O) groups excluding carboxylic acids is 1. The molecule has 1 aromatic heterocycles. The van der Waals surface area contributed by atoms with Crippen molar-refractivity contribution in [3.63, 3.8) is 0 Å². The van der Waals surface area contributed by atoms with E-state index in [4.69, 9.17) is 0 Å². The molecule has 0 aliphatic carbocycles. The molecule has 2 saturated heterocycles. The van der Waals surface area contributed by atoms with Gasteiger partial charge in [-0.3, -0.25) is 4.79 Å². The molecule has 0 radical (unpaired) electrons. The summed E-state index contributed by atoms with van der Waals surface area (Å²) in [7, 11) is 0. The Kier molecular flexibility index (Phi) is 6.48. The molecule has 1 N–H and O–H groups in total. The van der Waals surface area contributed by atoms with Crippen molar-refractivity contribution in [2.24, 2.45) is 5.92 Å². The highest BCUT2D eigenvalue weighted by Crippen LogP contribution is 2.22. The zero-order valence-electron chi connectivity index (χ0n) is 15.4. The Labute approximate surface area is 151 Å². The Morgan fingerprint density at radius 2 is 1.96 bits per heavy atom. The number of nitrogens with one attached hydrogen (secondary N) is 1. The molecule has 6 heteroatoms. The number of nitrogens with zero attached hydrogens (tertiary/aromatic N) is 4. The fourth-order valence-electron chi connectivity index (χ4n) is 3.79. The highest BCUT2D eigenvalue weighted by Gasteiger charge is 2.18. The first-order valence-corrected chi connectivity index (χ1v) is 9.81. The highest BCUT2D eigenvalue weighted by atomic mass is 16.2. The number of carbonyl (C=O) groups is 1. The first-order valence-electron chi connectivity index (χ1n) is 9.81. The molecule has 1 atom stereocenters. The monoisotopic (exact) mass is 345 g/mol. The largest absolute Gasteiger partial charge is 0.369 e. The number of likely N-dealkylation sites (tertiary alicyclic amines) is 1. The van der Waals surface area contributed by atoms with Crippen molar-refractivity contribution in [2.75, 3.05) is 42.9 Å². The summed E-state index contributed by atoms with van der Waals surface area (Å²) in [4.78, 5) is 25.4. The third kappa shape index (κ3) is 5.31. The Bertz CT molecular complexity index is 557. The molecule has 6 nitrogen and oxygen atoms in total. The summed E-state index contributed by atoms with van der Waals surface area (Å²) < 4.78 is 0. The number of piperidine rings is 1. The summed E-state index contributed by atoms with van der Waals surface area (Å²) in [5.74, 6) is 2.77. The summed E-state index contributed by atoms with van der Waals surface area (Å²) in [5, 5.41) is 3.30. The van der Waals surface area contributed by atoms with Crippen LogP contribution < -0.4 is 10.2 Å². The predicted molar refractivity (Wildman–Crippen MR) is 101 cm³/mol. The van der Waals surface area contributed by atoms with Crippen LogP contribution in [-0.4, -0.2) is 53.5 Å². The van der Waals surface area contributed by atoms with Crippen molar-refractivity contribution in [2.45, 2.75) is 51.9 Å². The fraction of sp³-hybridized carbons (Fsp3) is 0.737. The SMILES string of the molecule is C[C@H]1CCCN(c2cc(NCCC(=O)N3CCCCCC3)ncn2)C1. The molecule has 2 fully saturated rings. The summed E-state index contributed by atoms with van der Waals surface area (Å²) >= 11 is 0. The van der Waals surface area contributed by atoms with Crippen LogP contribution in [0, 0.1) is 5.92 Å². The maximum Gasteiger partial charge on any atom is 0.224 e. The van der Waals surface area contributed by atoms with Crippen molar-refractivity contribution in [1.29, 1.82) is 0 Å². The second-order valence-corrected chi connectivity index (χ2v) is 7.43. The summed E-state index contributed by atoms with van der Waals surface area (Å²) in [6.07, 6.45) is 9.45. The third-order valence-corrected chi connectivity index (χ3v) is 5.24. The lowest BCUT2D eigenvalue weighted by molar-refractivity contribution is -0.130. The van der Waals surface area contributed by atoms with E-state index in [2.05, 4.69) is 27.1 Å². The summed E-state index contributed by atoms with van der Waals surface area (Å²) in [6.45, 7) is 6.88. The normalized spacial score (nSPS) is 21.7. The van der Waals surface area contributed by atoms with E-state index in [1.54, 1.807) is 6.33 Å². The molecule has 0 spiro atoms. The molecule has 1 aromatic rings. The Morgan fingerprint density at radius 1 is 1.16 bits per heavy atom. The fourth-order valence-corrected chi connectivity index (χ4v) is 3.79. The number of aromatic nitrogens is 2. The maximum atomic E-state index is 12.3. The first-order chi connectivity index (χ1) is 12.2. The molecular formula is C19H31N5O. The Balaban J connectivity index is 1.48. The minimum absolute atomic E-state index is 0.258. The molecular weight excluding hydrogens is 314 g/mol. The van der Waals surface area contributed by atoms with Crippen LogP contribution in [0.15, 0.2) is 12.4 Å². The van der Waals surface area contributed by atoms with E-state index in [1.165, 1.54) is 25.7 Å². The van der Waals surface area contributed by atoms with E-state index in [-0.39, 0.29) is 5.91 Å². The first kappa shape index (κ1) is 18.0. The van der Waals surface area contributed by atoms with Crippen LogP contribution in [0.4, 0.5) is 11.6 Å². The molecule has 25 heavy (non-hydrogen) atoms. The molecule has 0 bridgehead atoms. The maximum absolute atomic E-state index is 12.3. The number of anilines is 2. The Morgan fingerprint density at radius 3 is 2.72 bits per heavy atom. The highest BCUT2D eigenvalue weighted by molar-refractivity contribution is 5.76. The van der Waals surface area contributed by atoms with E-state index in [0.29, 0.717) is 18.9 Å². The average molecular weight is 345 g/mol.